The Morgan fingerprint density at radius 1 is 0.947 bits per heavy atom. The molecule has 0 atom stereocenters. The van der Waals surface area contributed by atoms with E-state index in [1.807, 2.05) is 37.4 Å². The molecule has 0 saturated carbocycles. The molecule has 0 bridgehead atoms. The van der Waals surface area contributed by atoms with Crippen LogP contribution in [0.2, 0.25) is 0 Å². The molecular weight excluding hydrogens is 241 g/mol. The molecule has 0 spiro atoms. The molecule has 4 heteroatoms. The van der Waals surface area contributed by atoms with Crippen LogP contribution in [-0.4, -0.2) is 15.0 Å². The Morgan fingerprint density at radius 3 is 2.32 bits per heavy atom. The highest BCUT2D eigenvalue weighted by atomic mass is 19.1. The summed E-state index contributed by atoms with van der Waals surface area (Å²) in [5.41, 5.74) is 3.80. The van der Waals surface area contributed by atoms with Crippen molar-refractivity contribution in [2.45, 2.75) is 6.92 Å². The van der Waals surface area contributed by atoms with Crippen molar-refractivity contribution < 1.29 is 4.39 Å². The molecule has 3 aromatic rings. The van der Waals surface area contributed by atoms with Crippen LogP contribution in [-0.2, 0) is 0 Å². The van der Waals surface area contributed by atoms with E-state index in [4.69, 9.17) is 0 Å². The molecule has 1 aromatic heterocycles. The first-order chi connectivity index (χ1) is 9.22. The van der Waals surface area contributed by atoms with Gasteiger partial charge >= 0.3 is 0 Å². The maximum atomic E-state index is 12.9. The topological polar surface area (TPSA) is 30.7 Å². The van der Waals surface area contributed by atoms with Gasteiger partial charge in [0.25, 0.3) is 0 Å². The number of nitrogens with zero attached hydrogens (tertiary/aromatic N) is 3. The molecule has 1 heterocycles. The maximum absolute atomic E-state index is 12.9. The summed E-state index contributed by atoms with van der Waals surface area (Å²) in [5, 5.41) is 8.19. The maximum Gasteiger partial charge on any atom is 0.123 e. The standard InChI is InChI=1S/C15H12FN3/c1-11-2-4-12(5-3-11)15-10-19(18-17-15)14-8-6-13(16)7-9-14/h2-10H,1H3. The molecule has 0 N–H and O–H groups in total. The molecule has 3 nitrogen and oxygen atoms in total. The minimum atomic E-state index is -0.261. The Bertz CT molecular complexity index is 624. The number of rotatable bonds is 2. The van der Waals surface area contributed by atoms with E-state index in [9.17, 15) is 4.39 Å². The van der Waals surface area contributed by atoms with Gasteiger partial charge in [-0.1, -0.05) is 35.0 Å². The van der Waals surface area contributed by atoms with E-state index in [-0.39, 0.29) is 5.82 Å². The third kappa shape index (κ3) is 2.38. The molecule has 0 fully saturated rings. The van der Waals surface area contributed by atoms with Crippen molar-refractivity contribution in [3.05, 3.63) is 66.1 Å². The smallest absolute Gasteiger partial charge is 0.123 e. The summed E-state index contributed by atoms with van der Waals surface area (Å²) in [7, 11) is 0. The Hall–Kier alpha value is -2.49. The minimum absolute atomic E-state index is 0.261. The van der Waals surface area contributed by atoms with E-state index in [1.165, 1.54) is 17.7 Å². The summed E-state index contributed by atoms with van der Waals surface area (Å²) >= 11 is 0. The molecule has 94 valence electrons. The second-order valence-corrected chi connectivity index (χ2v) is 4.39. The average molecular weight is 253 g/mol. The van der Waals surface area contributed by atoms with Crippen LogP contribution in [0.5, 0.6) is 0 Å². The van der Waals surface area contributed by atoms with Gasteiger partial charge in [-0.3, -0.25) is 0 Å². The van der Waals surface area contributed by atoms with E-state index in [0.29, 0.717) is 0 Å². The molecule has 0 saturated heterocycles. The van der Waals surface area contributed by atoms with Gasteiger partial charge in [0, 0.05) is 5.56 Å². The number of hydrogen-bond donors (Lipinski definition) is 0. The molecule has 0 unspecified atom stereocenters. The van der Waals surface area contributed by atoms with Crippen LogP contribution in [0.25, 0.3) is 16.9 Å². The zero-order valence-corrected chi connectivity index (χ0v) is 10.4. The SMILES string of the molecule is Cc1ccc(-c2cn(-c3ccc(F)cc3)nn2)cc1. The van der Waals surface area contributed by atoms with Gasteiger partial charge in [-0.15, -0.1) is 5.10 Å². The minimum Gasteiger partial charge on any atom is -0.220 e. The molecule has 0 aliphatic carbocycles. The average Bonchev–Trinajstić information content (AvgIpc) is 2.90. The third-order valence-electron chi connectivity index (χ3n) is 2.93. The van der Waals surface area contributed by atoms with Crippen molar-refractivity contribution in [1.29, 1.82) is 0 Å². The summed E-state index contributed by atoms with van der Waals surface area (Å²) in [6.07, 6.45) is 1.83. The first-order valence-corrected chi connectivity index (χ1v) is 5.98. The largest absolute Gasteiger partial charge is 0.220 e. The van der Waals surface area contributed by atoms with Crippen molar-refractivity contribution in [2.75, 3.05) is 0 Å². The molecule has 3 rings (SSSR count). The van der Waals surface area contributed by atoms with Crippen molar-refractivity contribution in [1.82, 2.24) is 15.0 Å². The predicted octanol–water partition coefficient (Wildman–Crippen LogP) is 3.38. The Morgan fingerprint density at radius 2 is 1.63 bits per heavy atom. The lowest BCUT2D eigenvalue weighted by Crippen LogP contribution is -1.94. The van der Waals surface area contributed by atoms with Crippen LogP contribution in [0.4, 0.5) is 4.39 Å². The van der Waals surface area contributed by atoms with Crippen molar-refractivity contribution in [3.8, 4) is 16.9 Å². The summed E-state index contributed by atoms with van der Waals surface area (Å²) in [4.78, 5) is 0. The predicted molar refractivity (Wildman–Crippen MR) is 71.5 cm³/mol. The number of benzene rings is 2. The fraction of sp³-hybridized carbons (Fsp3) is 0.0667. The van der Waals surface area contributed by atoms with E-state index >= 15 is 0 Å². The number of aryl methyl sites for hydroxylation is 1. The fourth-order valence-electron chi connectivity index (χ4n) is 1.84. The molecule has 0 amide bonds. The van der Waals surface area contributed by atoms with Gasteiger partial charge in [-0.25, -0.2) is 9.07 Å². The van der Waals surface area contributed by atoms with Crippen LogP contribution in [0.1, 0.15) is 5.56 Å². The van der Waals surface area contributed by atoms with Gasteiger partial charge < -0.3 is 0 Å². The summed E-state index contributed by atoms with van der Waals surface area (Å²) < 4.78 is 14.5. The van der Waals surface area contributed by atoms with Crippen LogP contribution in [0.15, 0.2) is 54.7 Å². The first kappa shape index (κ1) is 11.6. The lowest BCUT2D eigenvalue weighted by atomic mass is 10.1. The third-order valence-corrected chi connectivity index (χ3v) is 2.93. The summed E-state index contributed by atoms with van der Waals surface area (Å²) in [6.45, 7) is 2.04. The zero-order chi connectivity index (χ0) is 13.2. The van der Waals surface area contributed by atoms with Gasteiger partial charge in [-0.05, 0) is 31.2 Å². The molecule has 0 radical (unpaired) electrons. The molecule has 2 aromatic carbocycles. The van der Waals surface area contributed by atoms with Crippen LogP contribution in [0.3, 0.4) is 0 Å². The van der Waals surface area contributed by atoms with E-state index < -0.39 is 0 Å². The van der Waals surface area contributed by atoms with E-state index in [2.05, 4.69) is 10.3 Å². The normalized spacial score (nSPS) is 10.6. The Kier molecular flexibility index (Phi) is 2.83. The van der Waals surface area contributed by atoms with Gasteiger partial charge in [0.15, 0.2) is 0 Å². The van der Waals surface area contributed by atoms with Crippen LogP contribution < -0.4 is 0 Å². The Balaban J connectivity index is 1.95. The number of hydrogen-bond acceptors (Lipinski definition) is 2. The summed E-state index contributed by atoms with van der Waals surface area (Å²) in [6, 6.07) is 14.2. The molecule has 19 heavy (non-hydrogen) atoms. The molecular formula is C15H12FN3. The number of aromatic nitrogens is 3. The van der Waals surface area contributed by atoms with E-state index in [0.717, 1.165) is 16.9 Å². The van der Waals surface area contributed by atoms with Crippen molar-refractivity contribution in [2.24, 2.45) is 0 Å². The number of halogens is 1. The van der Waals surface area contributed by atoms with Gasteiger partial charge in [0.05, 0.1) is 11.9 Å². The molecule has 0 aliphatic heterocycles. The first-order valence-electron chi connectivity index (χ1n) is 5.98. The fourth-order valence-corrected chi connectivity index (χ4v) is 1.84. The second kappa shape index (κ2) is 4.65. The highest BCUT2D eigenvalue weighted by molar-refractivity contribution is 5.58. The second-order valence-electron chi connectivity index (χ2n) is 4.39. The Labute approximate surface area is 110 Å². The van der Waals surface area contributed by atoms with Gasteiger partial charge in [-0.2, -0.15) is 0 Å². The monoisotopic (exact) mass is 253 g/mol. The lowest BCUT2D eigenvalue weighted by molar-refractivity contribution is 0.626. The van der Waals surface area contributed by atoms with Gasteiger partial charge in [0.1, 0.15) is 11.5 Å². The van der Waals surface area contributed by atoms with Gasteiger partial charge in [0.2, 0.25) is 0 Å². The highest BCUT2D eigenvalue weighted by Gasteiger charge is 2.05. The quantitative estimate of drug-likeness (QED) is 0.701. The van der Waals surface area contributed by atoms with Crippen LogP contribution in [0, 0.1) is 12.7 Å². The lowest BCUT2D eigenvalue weighted by Gasteiger charge is -1.99. The van der Waals surface area contributed by atoms with Crippen LogP contribution >= 0.6 is 0 Å². The van der Waals surface area contributed by atoms with E-state index in [1.54, 1.807) is 16.8 Å². The highest BCUT2D eigenvalue weighted by Crippen LogP contribution is 2.18. The van der Waals surface area contributed by atoms with Crippen molar-refractivity contribution in [3.63, 3.8) is 0 Å². The van der Waals surface area contributed by atoms with Crippen molar-refractivity contribution >= 4 is 0 Å². The molecule has 0 aliphatic rings. The zero-order valence-electron chi connectivity index (χ0n) is 10.4. The summed E-state index contributed by atoms with van der Waals surface area (Å²) in [5.74, 6) is -0.261.